The summed E-state index contributed by atoms with van der Waals surface area (Å²) in [7, 11) is 0. The lowest BCUT2D eigenvalue weighted by atomic mass is 9.85. The summed E-state index contributed by atoms with van der Waals surface area (Å²) < 4.78 is 0. The molecule has 0 bridgehead atoms. The molecule has 3 amide bonds. The van der Waals surface area contributed by atoms with Gasteiger partial charge in [0.05, 0.1) is 28.2 Å². The monoisotopic (exact) mass is 592 g/mol. The molecule has 3 aromatic rings. The van der Waals surface area contributed by atoms with E-state index in [1.165, 1.54) is 11.8 Å². The molecule has 4 atom stereocenters. The number of aliphatic hydroxyl groups excluding tert-OH is 1. The van der Waals surface area contributed by atoms with Gasteiger partial charge in [0, 0.05) is 19.9 Å². The molecule has 0 unspecified atom stereocenters. The molecule has 10 heteroatoms. The number of nitrogens with zero attached hydrogens (tertiary/aromatic N) is 2. The van der Waals surface area contributed by atoms with Crippen molar-refractivity contribution in [3.8, 4) is 16.2 Å². The molecule has 1 aliphatic rings. The van der Waals surface area contributed by atoms with Crippen LogP contribution >= 0.6 is 11.3 Å². The molecule has 0 spiro atoms. The lowest BCUT2D eigenvalue weighted by Crippen LogP contribution is -2.57. The van der Waals surface area contributed by atoms with Crippen LogP contribution < -0.4 is 10.6 Å². The van der Waals surface area contributed by atoms with Gasteiger partial charge in [-0.3, -0.25) is 14.4 Å². The van der Waals surface area contributed by atoms with Crippen molar-refractivity contribution in [1.29, 1.82) is 0 Å². The van der Waals surface area contributed by atoms with Gasteiger partial charge < -0.3 is 25.7 Å². The fourth-order valence-electron chi connectivity index (χ4n) is 5.33. The summed E-state index contributed by atoms with van der Waals surface area (Å²) in [6.07, 6.45) is 0.490. The van der Waals surface area contributed by atoms with E-state index < -0.39 is 23.6 Å². The number of hydrogen-bond donors (Lipinski definition) is 4. The molecule has 0 saturated carbocycles. The van der Waals surface area contributed by atoms with Crippen molar-refractivity contribution in [3.63, 3.8) is 0 Å². The molecule has 1 aliphatic heterocycles. The highest BCUT2D eigenvalue weighted by atomic mass is 32.1. The molecule has 0 aliphatic carbocycles. The van der Waals surface area contributed by atoms with Crippen LogP contribution in [0.1, 0.15) is 63.4 Å². The van der Waals surface area contributed by atoms with Crippen LogP contribution in [0.2, 0.25) is 0 Å². The number of phenols is 1. The summed E-state index contributed by atoms with van der Waals surface area (Å²) in [5.41, 5.74) is 5.16. The second-order valence-electron chi connectivity index (χ2n) is 12.1. The average Bonchev–Trinajstić information content (AvgIpc) is 3.55. The zero-order valence-corrected chi connectivity index (χ0v) is 25.6. The number of carbonyl (C=O) groups is 3. The van der Waals surface area contributed by atoms with Crippen molar-refractivity contribution in [3.05, 3.63) is 70.9 Å². The molecule has 1 aromatic heterocycles. The van der Waals surface area contributed by atoms with Gasteiger partial charge in [-0.2, -0.15) is 0 Å². The lowest BCUT2D eigenvalue weighted by Gasteiger charge is -2.35. The van der Waals surface area contributed by atoms with E-state index in [9.17, 15) is 24.6 Å². The number of likely N-dealkylation sites (tertiary alicyclic amines) is 1. The van der Waals surface area contributed by atoms with Crippen LogP contribution in [-0.4, -0.2) is 62.6 Å². The van der Waals surface area contributed by atoms with Crippen LogP contribution in [0.3, 0.4) is 0 Å². The fraction of sp³-hybridized carbons (Fsp3) is 0.438. The minimum atomic E-state index is -0.874. The van der Waals surface area contributed by atoms with E-state index in [0.29, 0.717) is 12.8 Å². The Morgan fingerprint density at radius 3 is 2.31 bits per heavy atom. The van der Waals surface area contributed by atoms with E-state index in [-0.39, 0.29) is 42.5 Å². The van der Waals surface area contributed by atoms with Crippen LogP contribution in [0.4, 0.5) is 0 Å². The van der Waals surface area contributed by atoms with E-state index in [2.05, 4.69) is 15.6 Å². The Bertz CT molecular complexity index is 1400. The van der Waals surface area contributed by atoms with E-state index >= 15 is 0 Å². The zero-order chi connectivity index (χ0) is 30.6. The Morgan fingerprint density at radius 1 is 1.07 bits per heavy atom. The maximum absolute atomic E-state index is 13.8. The van der Waals surface area contributed by atoms with Crippen molar-refractivity contribution in [2.75, 3.05) is 6.54 Å². The van der Waals surface area contributed by atoms with Crippen molar-refractivity contribution in [1.82, 2.24) is 20.5 Å². The molecular weight excluding hydrogens is 552 g/mol. The van der Waals surface area contributed by atoms with Crippen LogP contribution in [0.25, 0.3) is 10.4 Å². The molecule has 9 nitrogen and oxygen atoms in total. The first-order valence-electron chi connectivity index (χ1n) is 14.2. The summed E-state index contributed by atoms with van der Waals surface area (Å²) in [4.78, 5) is 46.2. The standard InChI is InChI=1S/C32H40N4O5S/c1-19-28(42-18-33-19)23-11-9-22(10-12-23)26(15-8-21-6-13-24(38)14-7-21)35-30(40)27-16-25(39)17-36(27)31(41)29(32(3,4)5)34-20(2)37/h6-7,9-14,18,25-27,29,38-39H,8,15-17H2,1-5H3,(H,34,37)(H,35,40)/t25-,26+,27+,29-/m1/s1. The van der Waals surface area contributed by atoms with Gasteiger partial charge in [0.1, 0.15) is 17.8 Å². The molecule has 4 rings (SSSR count). The number of nitrogens with one attached hydrogen (secondary N) is 2. The summed E-state index contributed by atoms with van der Waals surface area (Å²) in [5.74, 6) is -0.891. The number of β-amino-alcohol motifs (C(OH)–C–C–N with tert-alkyl or cyclic N) is 1. The largest absolute Gasteiger partial charge is 0.508 e. The van der Waals surface area contributed by atoms with Crippen LogP contribution in [0.15, 0.2) is 54.0 Å². The van der Waals surface area contributed by atoms with Gasteiger partial charge in [0.25, 0.3) is 0 Å². The third kappa shape index (κ3) is 7.54. The molecular formula is C32H40N4O5S. The number of rotatable bonds is 9. The Morgan fingerprint density at radius 2 is 1.74 bits per heavy atom. The molecule has 2 heterocycles. The first kappa shape index (κ1) is 31.2. The molecule has 2 aromatic carbocycles. The molecule has 42 heavy (non-hydrogen) atoms. The van der Waals surface area contributed by atoms with Crippen LogP contribution in [0.5, 0.6) is 5.75 Å². The van der Waals surface area contributed by atoms with Crippen molar-refractivity contribution in [2.24, 2.45) is 5.41 Å². The number of carbonyl (C=O) groups excluding carboxylic acids is 3. The first-order chi connectivity index (χ1) is 19.8. The number of aryl methyl sites for hydroxylation is 2. The normalized spacial score (nSPS) is 18.4. The minimum Gasteiger partial charge on any atom is -0.508 e. The Labute approximate surface area is 251 Å². The average molecular weight is 593 g/mol. The minimum absolute atomic E-state index is 0.0180. The number of amides is 3. The van der Waals surface area contributed by atoms with Gasteiger partial charge >= 0.3 is 0 Å². The number of phenolic OH excluding ortho intramolecular Hbond substituents is 1. The van der Waals surface area contributed by atoms with Crippen LogP contribution in [0, 0.1) is 12.3 Å². The van der Waals surface area contributed by atoms with Crippen molar-refractivity contribution in [2.45, 2.75) is 78.1 Å². The molecule has 224 valence electrons. The van der Waals surface area contributed by atoms with Gasteiger partial charge in [-0.1, -0.05) is 57.2 Å². The van der Waals surface area contributed by atoms with Crippen LogP contribution in [-0.2, 0) is 20.8 Å². The maximum atomic E-state index is 13.8. The van der Waals surface area contributed by atoms with E-state index in [1.54, 1.807) is 23.5 Å². The van der Waals surface area contributed by atoms with E-state index in [1.807, 2.05) is 69.6 Å². The van der Waals surface area contributed by atoms with E-state index in [4.69, 9.17) is 0 Å². The van der Waals surface area contributed by atoms with Gasteiger partial charge in [0.15, 0.2) is 0 Å². The molecule has 1 saturated heterocycles. The van der Waals surface area contributed by atoms with Gasteiger partial charge in [-0.15, -0.1) is 11.3 Å². The number of thiazole rings is 1. The fourth-order valence-corrected chi connectivity index (χ4v) is 6.14. The molecule has 1 fully saturated rings. The number of aliphatic hydroxyl groups is 1. The highest BCUT2D eigenvalue weighted by molar-refractivity contribution is 7.13. The number of aromatic nitrogens is 1. The maximum Gasteiger partial charge on any atom is 0.246 e. The molecule has 0 radical (unpaired) electrons. The van der Waals surface area contributed by atoms with Crippen molar-refractivity contribution < 1.29 is 24.6 Å². The van der Waals surface area contributed by atoms with Gasteiger partial charge in [-0.05, 0) is 54.0 Å². The second-order valence-corrected chi connectivity index (χ2v) is 12.9. The highest BCUT2D eigenvalue weighted by Crippen LogP contribution is 2.31. The summed E-state index contributed by atoms with van der Waals surface area (Å²) >= 11 is 1.57. The summed E-state index contributed by atoms with van der Waals surface area (Å²) in [6.45, 7) is 8.90. The highest BCUT2D eigenvalue weighted by Gasteiger charge is 2.44. The number of benzene rings is 2. The van der Waals surface area contributed by atoms with Crippen molar-refractivity contribution >= 4 is 29.1 Å². The third-order valence-electron chi connectivity index (χ3n) is 7.62. The number of hydrogen-bond acceptors (Lipinski definition) is 7. The number of aromatic hydroxyl groups is 1. The second kappa shape index (κ2) is 13.0. The Balaban J connectivity index is 1.57. The third-order valence-corrected chi connectivity index (χ3v) is 8.60. The zero-order valence-electron chi connectivity index (χ0n) is 24.8. The van der Waals surface area contributed by atoms with Gasteiger partial charge in [-0.25, -0.2) is 4.98 Å². The first-order valence-corrected chi connectivity index (χ1v) is 15.1. The van der Waals surface area contributed by atoms with E-state index in [0.717, 1.165) is 27.3 Å². The topological polar surface area (TPSA) is 132 Å². The quantitative estimate of drug-likeness (QED) is 0.296. The SMILES string of the molecule is CC(=O)N[C@H](C(=O)N1C[C@H](O)C[C@H]1C(=O)N[C@@H](CCc1ccc(O)cc1)c1ccc(-c2scnc2C)cc1)C(C)(C)C. The predicted molar refractivity (Wildman–Crippen MR) is 163 cm³/mol. The summed E-state index contributed by atoms with van der Waals surface area (Å²) in [5, 5.41) is 26.1. The van der Waals surface area contributed by atoms with Gasteiger partial charge in [0.2, 0.25) is 17.7 Å². The predicted octanol–water partition coefficient (Wildman–Crippen LogP) is 4.13. The Hall–Kier alpha value is -3.76. The summed E-state index contributed by atoms with van der Waals surface area (Å²) in [6, 6.07) is 12.9. The molecule has 4 N–H and O–H groups in total. The smallest absolute Gasteiger partial charge is 0.246 e. The Kier molecular flexibility index (Phi) is 9.68. The lowest BCUT2D eigenvalue weighted by molar-refractivity contribution is -0.144.